The molecule has 2 atom stereocenters. The largest absolute Gasteiger partial charge is 0.481 e. The molecule has 0 aromatic heterocycles. The minimum Gasteiger partial charge on any atom is -0.481 e. The summed E-state index contributed by atoms with van der Waals surface area (Å²) in [6.45, 7) is 3.53. The minimum atomic E-state index is -0.870. The molecule has 0 bridgehead atoms. The normalized spacial score (nSPS) is 24.6. The van der Waals surface area contributed by atoms with Crippen molar-refractivity contribution in [2.75, 3.05) is 6.61 Å². The van der Waals surface area contributed by atoms with Crippen molar-refractivity contribution in [2.24, 2.45) is 5.92 Å². The number of carboxylic acids is 1. The van der Waals surface area contributed by atoms with Crippen LogP contribution in [0.3, 0.4) is 0 Å². The highest BCUT2D eigenvalue weighted by Gasteiger charge is 2.37. The maximum atomic E-state index is 11.0. The van der Waals surface area contributed by atoms with Crippen molar-refractivity contribution in [1.29, 1.82) is 0 Å². The van der Waals surface area contributed by atoms with Crippen molar-refractivity contribution in [2.45, 2.75) is 18.9 Å². The molecule has 0 aromatic carbocycles. The molecule has 0 spiro atoms. The van der Waals surface area contributed by atoms with Crippen molar-refractivity contribution in [3.63, 3.8) is 0 Å². The van der Waals surface area contributed by atoms with Crippen molar-refractivity contribution in [3.05, 3.63) is 12.7 Å². The fraction of sp³-hybridized carbons (Fsp3) is 0.556. The predicted octanol–water partition coefficient (Wildman–Crippen LogP) is 0.762. The number of carbonyl (C=O) groups excluding carboxylic acids is 1. The van der Waals surface area contributed by atoms with Gasteiger partial charge in [0.25, 0.3) is 0 Å². The van der Waals surface area contributed by atoms with Crippen molar-refractivity contribution in [3.8, 4) is 0 Å². The molecular formula is C9H13NO4. The third kappa shape index (κ3) is 2.48. The van der Waals surface area contributed by atoms with Crippen LogP contribution in [0.15, 0.2) is 12.7 Å². The van der Waals surface area contributed by atoms with Gasteiger partial charge in [-0.2, -0.15) is 0 Å². The molecule has 1 aliphatic carbocycles. The number of alkyl carbamates (subject to hydrolysis) is 1. The Balaban J connectivity index is 2.27. The van der Waals surface area contributed by atoms with Gasteiger partial charge in [-0.3, -0.25) is 4.79 Å². The van der Waals surface area contributed by atoms with Gasteiger partial charge in [0, 0.05) is 6.04 Å². The highest BCUT2D eigenvalue weighted by atomic mass is 16.5. The summed E-state index contributed by atoms with van der Waals surface area (Å²) in [6.07, 6.45) is 2.18. The molecule has 5 nitrogen and oxygen atoms in total. The molecule has 0 unspecified atom stereocenters. The Morgan fingerprint density at radius 2 is 2.29 bits per heavy atom. The number of aliphatic carboxylic acids is 1. The number of hydrogen-bond donors (Lipinski definition) is 2. The molecule has 0 aliphatic heterocycles. The standard InChI is InChI=1S/C9H13NO4/c1-2-5-14-9(13)10-7-4-3-6(7)8(11)12/h2,6-7H,1,3-5H2,(H,10,13)(H,11,12)/t6-,7-/m1/s1. The second-order valence-electron chi connectivity index (χ2n) is 3.16. The highest BCUT2D eigenvalue weighted by Crippen LogP contribution is 2.27. The Hall–Kier alpha value is -1.52. The molecule has 2 N–H and O–H groups in total. The first-order valence-corrected chi connectivity index (χ1v) is 4.42. The van der Waals surface area contributed by atoms with Crippen LogP contribution in [0.25, 0.3) is 0 Å². The van der Waals surface area contributed by atoms with Crippen LogP contribution in [-0.2, 0) is 9.53 Å². The lowest BCUT2D eigenvalue weighted by atomic mass is 9.80. The smallest absolute Gasteiger partial charge is 0.407 e. The zero-order valence-corrected chi connectivity index (χ0v) is 7.73. The van der Waals surface area contributed by atoms with Crippen molar-refractivity contribution in [1.82, 2.24) is 5.32 Å². The second kappa shape index (κ2) is 4.64. The van der Waals surface area contributed by atoms with Crippen molar-refractivity contribution >= 4 is 12.1 Å². The van der Waals surface area contributed by atoms with E-state index in [2.05, 4.69) is 16.6 Å². The summed E-state index contributed by atoms with van der Waals surface area (Å²) in [6, 6.07) is -0.287. The van der Waals surface area contributed by atoms with E-state index in [-0.39, 0.29) is 12.6 Å². The molecule has 1 amide bonds. The molecule has 1 rings (SSSR count). The van der Waals surface area contributed by atoms with E-state index in [0.29, 0.717) is 12.8 Å². The summed E-state index contributed by atoms with van der Waals surface area (Å²) in [5, 5.41) is 11.2. The summed E-state index contributed by atoms with van der Waals surface area (Å²) in [7, 11) is 0. The molecule has 0 heterocycles. The van der Waals surface area contributed by atoms with Crippen LogP contribution in [0.4, 0.5) is 4.79 Å². The van der Waals surface area contributed by atoms with E-state index >= 15 is 0 Å². The first-order valence-electron chi connectivity index (χ1n) is 4.42. The van der Waals surface area contributed by atoms with E-state index in [1.165, 1.54) is 6.08 Å². The number of ether oxygens (including phenoxy) is 1. The zero-order chi connectivity index (χ0) is 10.6. The summed E-state index contributed by atoms with van der Waals surface area (Å²) in [5.74, 6) is -1.34. The van der Waals surface area contributed by atoms with Crippen molar-refractivity contribution < 1.29 is 19.4 Å². The number of hydrogen-bond acceptors (Lipinski definition) is 3. The fourth-order valence-corrected chi connectivity index (χ4v) is 1.30. The number of amides is 1. The molecule has 78 valence electrons. The Morgan fingerprint density at radius 1 is 1.57 bits per heavy atom. The minimum absolute atomic E-state index is 0.135. The maximum absolute atomic E-state index is 11.0. The van der Waals surface area contributed by atoms with E-state index in [1.807, 2.05) is 0 Å². The van der Waals surface area contributed by atoms with Gasteiger partial charge in [-0.25, -0.2) is 4.79 Å². The van der Waals surface area contributed by atoms with Crippen LogP contribution in [-0.4, -0.2) is 29.8 Å². The summed E-state index contributed by atoms with van der Waals surface area (Å²) < 4.78 is 4.66. The van der Waals surface area contributed by atoms with Gasteiger partial charge in [0.05, 0.1) is 5.92 Å². The molecule has 0 saturated heterocycles. The Bertz CT molecular complexity index is 251. The molecule has 5 heteroatoms. The van der Waals surface area contributed by atoms with E-state index < -0.39 is 18.0 Å². The van der Waals surface area contributed by atoms with Crippen LogP contribution < -0.4 is 5.32 Å². The third-order valence-corrected chi connectivity index (χ3v) is 2.23. The molecule has 1 aliphatic rings. The van der Waals surface area contributed by atoms with Crippen LogP contribution in [0, 0.1) is 5.92 Å². The van der Waals surface area contributed by atoms with Gasteiger partial charge in [0.15, 0.2) is 0 Å². The average molecular weight is 199 g/mol. The fourth-order valence-electron chi connectivity index (χ4n) is 1.30. The average Bonchev–Trinajstić information content (AvgIpc) is 2.08. The van der Waals surface area contributed by atoms with Gasteiger partial charge in [-0.1, -0.05) is 12.7 Å². The topological polar surface area (TPSA) is 75.6 Å². The van der Waals surface area contributed by atoms with Gasteiger partial charge >= 0.3 is 12.1 Å². The van der Waals surface area contributed by atoms with Crippen LogP contribution in [0.2, 0.25) is 0 Å². The first kappa shape index (κ1) is 10.6. The van der Waals surface area contributed by atoms with Gasteiger partial charge in [0.1, 0.15) is 6.61 Å². The lowest BCUT2D eigenvalue weighted by Gasteiger charge is -2.33. The van der Waals surface area contributed by atoms with E-state index in [4.69, 9.17) is 5.11 Å². The lowest BCUT2D eigenvalue weighted by Crippen LogP contribution is -2.50. The zero-order valence-electron chi connectivity index (χ0n) is 7.73. The molecular weight excluding hydrogens is 186 g/mol. The van der Waals surface area contributed by atoms with Gasteiger partial charge < -0.3 is 15.2 Å². The second-order valence-corrected chi connectivity index (χ2v) is 3.16. The van der Waals surface area contributed by atoms with Crippen LogP contribution in [0.5, 0.6) is 0 Å². The van der Waals surface area contributed by atoms with Gasteiger partial charge in [-0.15, -0.1) is 0 Å². The Kier molecular flexibility index (Phi) is 3.50. The molecule has 1 fully saturated rings. The number of carbonyl (C=O) groups is 2. The summed E-state index contributed by atoms with van der Waals surface area (Å²) >= 11 is 0. The number of rotatable bonds is 4. The van der Waals surface area contributed by atoms with E-state index in [1.54, 1.807) is 0 Å². The highest BCUT2D eigenvalue weighted by molar-refractivity contribution is 5.74. The first-order chi connectivity index (χ1) is 6.65. The summed E-state index contributed by atoms with van der Waals surface area (Å²) in [4.78, 5) is 21.6. The van der Waals surface area contributed by atoms with Crippen LogP contribution in [0.1, 0.15) is 12.8 Å². The van der Waals surface area contributed by atoms with E-state index in [0.717, 1.165) is 0 Å². The summed E-state index contributed by atoms with van der Waals surface area (Å²) in [5.41, 5.74) is 0. The Labute approximate surface area is 81.7 Å². The van der Waals surface area contributed by atoms with Gasteiger partial charge in [-0.05, 0) is 12.8 Å². The predicted molar refractivity (Wildman–Crippen MR) is 48.8 cm³/mol. The third-order valence-electron chi connectivity index (χ3n) is 2.23. The number of carboxylic acid groups (broad SMARTS) is 1. The monoisotopic (exact) mass is 199 g/mol. The van der Waals surface area contributed by atoms with Crippen LogP contribution >= 0.6 is 0 Å². The van der Waals surface area contributed by atoms with E-state index in [9.17, 15) is 9.59 Å². The molecule has 0 radical (unpaired) electrons. The quantitative estimate of drug-likeness (QED) is 0.655. The number of nitrogens with one attached hydrogen (secondary N) is 1. The molecule has 1 saturated carbocycles. The Morgan fingerprint density at radius 3 is 2.71 bits per heavy atom. The molecule has 14 heavy (non-hydrogen) atoms. The van der Waals surface area contributed by atoms with Gasteiger partial charge in [0.2, 0.25) is 0 Å². The molecule has 0 aromatic rings. The lowest BCUT2D eigenvalue weighted by molar-refractivity contribution is -0.145. The maximum Gasteiger partial charge on any atom is 0.407 e. The SMILES string of the molecule is C=CCOC(=O)N[C@@H]1CC[C@H]1C(=O)O.